The largest absolute Gasteiger partial charge is 0.496 e. The summed E-state index contributed by atoms with van der Waals surface area (Å²) in [6.45, 7) is 2.15. The van der Waals surface area contributed by atoms with Crippen LogP contribution >= 0.6 is 0 Å². The zero-order valence-electron chi connectivity index (χ0n) is 13.2. The van der Waals surface area contributed by atoms with Crippen LogP contribution in [0.5, 0.6) is 5.75 Å². The quantitative estimate of drug-likeness (QED) is 0.765. The Hall–Kier alpha value is -2.34. The average Bonchev–Trinajstić information content (AvgIpc) is 2.59. The van der Waals surface area contributed by atoms with Crippen LogP contribution in [0.1, 0.15) is 37.3 Å². The van der Waals surface area contributed by atoms with E-state index in [4.69, 9.17) is 4.74 Å². The fourth-order valence-corrected chi connectivity index (χ4v) is 2.84. The summed E-state index contributed by atoms with van der Waals surface area (Å²) in [6.07, 6.45) is 7.13. The lowest BCUT2D eigenvalue weighted by Gasteiger charge is -2.28. The van der Waals surface area contributed by atoms with Crippen molar-refractivity contribution in [3.63, 3.8) is 0 Å². The Morgan fingerprint density at radius 3 is 2.68 bits per heavy atom. The summed E-state index contributed by atoms with van der Waals surface area (Å²) < 4.78 is 5.50. The molecule has 0 bridgehead atoms. The van der Waals surface area contributed by atoms with Crippen LogP contribution in [0.15, 0.2) is 48.8 Å². The Morgan fingerprint density at radius 2 is 2.05 bits per heavy atom. The van der Waals surface area contributed by atoms with Crippen LogP contribution < -0.4 is 4.74 Å². The minimum atomic E-state index is -0.578. The molecule has 2 rings (SSSR count). The van der Waals surface area contributed by atoms with Crippen molar-refractivity contribution in [2.24, 2.45) is 0 Å². The third kappa shape index (κ3) is 3.46. The Balaban J connectivity index is 2.47. The number of hydrogen-bond donors (Lipinski definition) is 0. The summed E-state index contributed by atoms with van der Waals surface area (Å²) in [5.41, 5.74) is 1.47. The summed E-state index contributed by atoms with van der Waals surface area (Å²) >= 11 is 0. The fourth-order valence-electron chi connectivity index (χ4n) is 2.84. The molecule has 3 nitrogen and oxygen atoms in total. The molecule has 1 aromatic carbocycles. The van der Waals surface area contributed by atoms with Crippen molar-refractivity contribution >= 4 is 0 Å². The first-order valence-electron chi connectivity index (χ1n) is 7.69. The second-order valence-electron chi connectivity index (χ2n) is 5.54. The predicted octanol–water partition coefficient (Wildman–Crippen LogP) is 4.28. The second kappa shape index (κ2) is 7.61. The molecular weight excluding hydrogens is 272 g/mol. The molecule has 22 heavy (non-hydrogen) atoms. The molecule has 0 N–H and O–H groups in total. The van der Waals surface area contributed by atoms with E-state index in [0.717, 1.165) is 36.1 Å². The van der Waals surface area contributed by atoms with Crippen LogP contribution in [0.2, 0.25) is 0 Å². The van der Waals surface area contributed by atoms with Crippen LogP contribution in [0.4, 0.5) is 0 Å². The summed E-state index contributed by atoms with van der Waals surface area (Å²) in [5.74, 6) is 0.782. The van der Waals surface area contributed by atoms with Gasteiger partial charge in [0.15, 0.2) is 0 Å². The van der Waals surface area contributed by atoms with E-state index in [1.54, 1.807) is 13.3 Å². The highest BCUT2D eigenvalue weighted by molar-refractivity contribution is 5.45. The van der Waals surface area contributed by atoms with Crippen molar-refractivity contribution in [3.05, 3.63) is 59.9 Å². The van der Waals surface area contributed by atoms with E-state index in [2.05, 4.69) is 18.0 Å². The van der Waals surface area contributed by atoms with Crippen molar-refractivity contribution in [2.45, 2.75) is 38.0 Å². The van der Waals surface area contributed by atoms with E-state index in [-0.39, 0.29) is 0 Å². The summed E-state index contributed by atoms with van der Waals surface area (Å²) in [5, 5.41) is 10.0. The maximum absolute atomic E-state index is 10.0. The van der Waals surface area contributed by atoms with Crippen molar-refractivity contribution in [1.29, 1.82) is 5.26 Å². The third-order valence-corrected chi connectivity index (χ3v) is 4.02. The zero-order valence-corrected chi connectivity index (χ0v) is 13.2. The van der Waals surface area contributed by atoms with Gasteiger partial charge in [0, 0.05) is 18.0 Å². The Labute approximate surface area is 132 Å². The van der Waals surface area contributed by atoms with Crippen LogP contribution in [0, 0.1) is 11.3 Å². The van der Waals surface area contributed by atoms with Gasteiger partial charge in [-0.2, -0.15) is 5.26 Å². The van der Waals surface area contributed by atoms with Gasteiger partial charge in [-0.3, -0.25) is 4.98 Å². The van der Waals surface area contributed by atoms with E-state index < -0.39 is 5.41 Å². The molecule has 0 aliphatic carbocycles. The monoisotopic (exact) mass is 294 g/mol. The molecule has 0 spiro atoms. The predicted molar refractivity (Wildman–Crippen MR) is 87.8 cm³/mol. The van der Waals surface area contributed by atoms with E-state index in [0.29, 0.717) is 6.42 Å². The smallest absolute Gasteiger partial charge is 0.123 e. The summed E-state index contributed by atoms with van der Waals surface area (Å²) in [7, 11) is 1.66. The third-order valence-electron chi connectivity index (χ3n) is 4.02. The number of rotatable bonds is 7. The van der Waals surface area contributed by atoms with Crippen molar-refractivity contribution in [1.82, 2.24) is 4.98 Å². The van der Waals surface area contributed by atoms with Crippen molar-refractivity contribution < 1.29 is 4.74 Å². The Bertz CT molecular complexity index is 633. The summed E-state index contributed by atoms with van der Waals surface area (Å²) in [4.78, 5) is 4.18. The Kier molecular flexibility index (Phi) is 5.55. The molecule has 2 aromatic rings. The zero-order chi connectivity index (χ0) is 15.8. The topological polar surface area (TPSA) is 45.9 Å². The van der Waals surface area contributed by atoms with E-state index in [9.17, 15) is 5.26 Å². The van der Waals surface area contributed by atoms with Gasteiger partial charge in [-0.25, -0.2) is 0 Å². The van der Waals surface area contributed by atoms with Gasteiger partial charge >= 0.3 is 0 Å². The molecule has 0 amide bonds. The molecule has 1 aromatic heterocycles. The molecule has 114 valence electrons. The number of hydrogen-bond acceptors (Lipinski definition) is 3. The number of aromatic nitrogens is 1. The maximum Gasteiger partial charge on any atom is 0.123 e. The number of methoxy groups -OCH3 is 1. The molecule has 1 atom stereocenters. The molecule has 1 unspecified atom stereocenters. The minimum absolute atomic E-state index is 0.578. The molecule has 1 heterocycles. The molecule has 0 radical (unpaired) electrons. The number of nitrogens with zero attached hydrogens (tertiary/aromatic N) is 2. The number of pyridine rings is 1. The highest BCUT2D eigenvalue weighted by Gasteiger charge is 2.34. The van der Waals surface area contributed by atoms with Gasteiger partial charge in [0.2, 0.25) is 0 Å². The minimum Gasteiger partial charge on any atom is -0.496 e. The molecular formula is C19H22N2O. The molecule has 0 fully saturated rings. The molecule has 0 aliphatic rings. The van der Waals surface area contributed by atoms with Gasteiger partial charge in [-0.05, 0) is 30.5 Å². The lowest BCUT2D eigenvalue weighted by atomic mass is 9.73. The first kappa shape index (κ1) is 16.0. The number of nitriles is 1. The number of para-hydroxylation sites is 1. The fraction of sp³-hybridized carbons (Fsp3) is 0.368. The first-order chi connectivity index (χ1) is 10.8. The highest BCUT2D eigenvalue weighted by Crippen LogP contribution is 2.38. The van der Waals surface area contributed by atoms with Crippen LogP contribution in [-0.4, -0.2) is 12.1 Å². The normalized spacial score (nSPS) is 13.1. The molecule has 0 saturated heterocycles. The van der Waals surface area contributed by atoms with Gasteiger partial charge in [-0.1, -0.05) is 44.0 Å². The Morgan fingerprint density at radius 1 is 1.23 bits per heavy atom. The highest BCUT2D eigenvalue weighted by atomic mass is 16.5. The average molecular weight is 294 g/mol. The molecule has 0 aliphatic heterocycles. The van der Waals surface area contributed by atoms with Crippen molar-refractivity contribution in [2.75, 3.05) is 7.11 Å². The number of unbranched alkanes of at least 4 members (excludes halogenated alkanes) is 1. The van der Waals surface area contributed by atoms with E-state index in [1.807, 2.05) is 42.6 Å². The lowest BCUT2D eigenvalue weighted by Crippen LogP contribution is -2.28. The van der Waals surface area contributed by atoms with Gasteiger partial charge in [-0.15, -0.1) is 0 Å². The molecule has 0 saturated carbocycles. The van der Waals surface area contributed by atoms with Crippen LogP contribution in [-0.2, 0) is 11.8 Å². The van der Waals surface area contributed by atoms with Crippen molar-refractivity contribution in [3.8, 4) is 11.8 Å². The van der Waals surface area contributed by atoms with Crippen LogP contribution in [0.25, 0.3) is 0 Å². The number of ether oxygens (including phenoxy) is 1. The SMILES string of the molecule is CCCCC(C#N)(Cc1cccnc1)c1ccccc1OC. The van der Waals surface area contributed by atoms with Gasteiger partial charge in [0.1, 0.15) is 5.75 Å². The van der Waals surface area contributed by atoms with E-state index >= 15 is 0 Å². The van der Waals surface area contributed by atoms with E-state index in [1.165, 1.54) is 0 Å². The number of benzene rings is 1. The standard InChI is InChI=1S/C19H22N2O/c1-3-4-11-19(15-20,13-16-8-7-12-21-14-16)17-9-5-6-10-18(17)22-2/h5-10,12,14H,3-4,11,13H2,1-2H3. The lowest BCUT2D eigenvalue weighted by molar-refractivity contribution is 0.387. The van der Waals surface area contributed by atoms with Crippen LogP contribution in [0.3, 0.4) is 0 Å². The first-order valence-corrected chi connectivity index (χ1v) is 7.69. The second-order valence-corrected chi connectivity index (χ2v) is 5.54. The van der Waals surface area contributed by atoms with Gasteiger partial charge in [0.25, 0.3) is 0 Å². The van der Waals surface area contributed by atoms with Gasteiger partial charge < -0.3 is 4.74 Å². The van der Waals surface area contributed by atoms with Gasteiger partial charge in [0.05, 0.1) is 18.6 Å². The summed E-state index contributed by atoms with van der Waals surface area (Å²) in [6, 6.07) is 14.4. The maximum atomic E-state index is 10.0. The molecule has 3 heteroatoms.